The predicted molar refractivity (Wildman–Crippen MR) is 101 cm³/mol. The molecule has 2 N–H and O–H groups in total. The fourth-order valence-corrected chi connectivity index (χ4v) is 2.49. The van der Waals surface area contributed by atoms with Crippen LogP contribution in [0, 0.1) is 0 Å². The number of nitrogens with one attached hydrogen (secondary N) is 2. The van der Waals surface area contributed by atoms with Crippen molar-refractivity contribution in [3.63, 3.8) is 0 Å². The Morgan fingerprint density at radius 1 is 1.04 bits per heavy atom. The smallest absolute Gasteiger partial charge is 0.159 e. The normalized spacial score (nSPS) is 10.3. The van der Waals surface area contributed by atoms with Gasteiger partial charge in [-0.15, -0.1) is 0 Å². The molecule has 126 valence electrons. The fourth-order valence-electron chi connectivity index (χ4n) is 2.29. The van der Waals surface area contributed by atoms with Gasteiger partial charge in [-0.1, -0.05) is 29.8 Å². The predicted octanol–water partition coefficient (Wildman–Crippen LogP) is 4.69. The van der Waals surface area contributed by atoms with Crippen molar-refractivity contribution in [3.8, 4) is 0 Å². The maximum absolute atomic E-state index is 11.3. The van der Waals surface area contributed by atoms with Crippen LogP contribution in [-0.2, 0) is 6.54 Å². The first-order chi connectivity index (χ1) is 12.1. The van der Waals surface area contributed by atoms with Crippen LogP contribution in [-0.4, -0.2) is 15.8 Å². The minimum Gasteiger partial charge on any atom is -0.366 e. The van der Waals surface area contributed by atoms with Crippen molar-refractivity contribution >= 4 is 34.7 Å². The molecule has 1 aromatic heterocycles. The summed E-state index contributed by atoms with van der Waals surface area (Å²) in [7, 11) is 0. The van der Waals surface area contributed by atoms with Crippen LogP contribution < -0.4 is 10.6 Å². The SMILES string of the molecule is CC(=O)c1ccc(Nc2cc(NCc3ccccc3Cl)ncn2)cc1. The van der Waals surface area contributed by atoms with Crippen LogP contribution in [0.1, 0.15) is 22.8 Å². The van der Waals surface area contributed by atoms with Crippen molar-refractivity contribution in [1.82, 2.24) is 9.97 Å². The molecule has 3 aromatic rings. The molecule has 2 aromatic carbocycles. The average molecular weight is 353 g/mol. The number of anilines is 3. The molecule has 0 aliphatic rings. The lowest BCUT2D eigenvalue weighted by atomic mass is 10.1. The molecule has 0 bridgehead atoms. The zero-order chi connectivity index (χ0) is 17.6. The summed E-state index contributed by atoms with van der Waals surface area (Å²) in [6, 6.07) is 16.7. The van der Waals surface area contributed by atoms with E-state index in [0.717, 1.165) is 11.3 Å². The van der Waals surface area contributed by atoms with E-state index in [1.54, 1.807) is 19.1 Å². The third kappa shape index (κ3) is 4.55. The summed E-state index contributed by atoms with van der Waals surface area (Å²) in [4.78, 5) is 19.7. The van der Waals surface area contributed by atoms with Gasteiger partial charge in [0.05, 0.1) is 0 Å². The standard InChI is InChI=1S/C19H17ClN4O/c1-13(25)14-6-8-16(9-7-14)24-19-10-18(22-12-23-19)21-11-15-4-2-3-5-17(15)20/h2-10,12H,11H2,1H3,(H2,21,22,23,24). The topological polar surface area (TPSA) is 66.9 Å². The molecule has 0 amide bonds. The Labute approximate surface area is 151 Å². The first kappa shape index (κ1) is 16.9. The van der Waals surface area contributed by atoms with E-state index in [1.807, 2.05) is 42.5 Å². The van der Waals surface area contributed by atoms with Crippen LogP contribution in [0.2, 0.25) is 5.02 Å². The summed E-state index contributed by atoms with van der Waals surface area (Å²) in [5.41, 5.74) is 2.52. The Hall–Kier alpha value is -2.92. The molecule has 0 saturated carbocycles. The first-order valence-corrected chi connectivity index (χ1v) is 8.17. The van der Waals surface area contributed by atoms with Crippen molar-refractivity contribution in [1.29, 1.82) is 0 Å². The lowest BCUT2D eigenvalue weighted by Crippen LogP contribution is -2.03. The molecule has 6 heteroatoms. The van der Waals surface area contributed by atoms with E-state index in [4.69, 9.17) is 11.6 Å². The van der Waals surface area contributed by atoms with Crippen molar-refractivity contribution < 1.29 is 4.79 Å². The van der Waals surface area contributed by atoms with Gasteiger partial charge < -0.3 is 10.6 Å². The lowest BCUT2D eigenvalue weighted by molar-refractivity contribution is 0.101. The summed E-state index contributed by atoms with van der Waals surface area (Å²) in [6.07, 6.45) is 1.49. The third-order valence-corrected chi connectivity index (χ3v) is 4.02. The van der Waals surface area contributed by atoms with Gasteiger partial charge >= 0.3 is 0 Å². The number of benzene rings is 2. The van der Waals surface area contributed by atoms with E-state index in [2.05, 4.69) is 20.6 Å². The summed E-state index contributed by atoms with van der Waals surface area (Å²) in [5.74, 6) is 1.39. The number of Topliss-reactive ketones (excluding diaryl/α,β-unsaturated/α-hetero) is 1. The molecule has 3 rings (SSSR count). The molecule has 0 spiro atoms. The third-order valence-electron chi connectivity index (χ3n) is 3.65. The zero-order valence-corrected chi connectivity index (χ0v) is 14.4. The highest BCUT2D eigenvalue weighted by molar-refractivity contribution is 6.31. The van der Waals surface area contributed by atoms with Gasteiger partial charge in [0.1, 0.15) is 18.0 Å². The molecular formula is C19H17ClN4O. The zero-order valence-electron chi connectivity index (χ0n) is 13.7. The summed E-state index contributed by atoms with van der Waals surface area (Å²) < 4.78 is 0. The van der Waals surface area contributed by atoms with Crippen molar-refractivity contribution in [2.24, 2.45) is 0 Å². The fraction of sp³-hybridized carbons (Fsp3) is 0.105. The van der Waals surface area contributed by atoms with Gasteiger partial charge in [0.15, 0.2) is 5.78 Å². The second kappa shape index (κ2) is 7.77. The first-order valence-electron chi connectivity index (χ1n) is 7.79. The lowest BCUT2D eigenvalue weighted by Gasteiger charge is -2.10. The Bertz CT molecular complexity index is 881. The number of carbonyl (C=O) groups is 1. The number of carbonyl (C=O) groups excluding carboxylic acids is 1. The van der Waals surface area contributed by atoms with Crippen molar-refractivity contribution in [2.45, 2.75) is 13.5 Å². The largest absolute Gasteiger partial charge is 0.366 e. The van der Waals surface area contributed by atoms with Crippen LogP contribution in [0.25, 0.3) is 0 Å². The number of hydrogen-bond donors (Lipinski definition) is 2. The van der Waals surface area contributed by atoms with Crippen LogP contribution in [0.15, 0.2) is 60.9 Å². The van der Waals surface area contributed by atoms with Gasteiger partial charge in [0, 0.05) is 28.9 Å². The van der Waals surface area contributed by atoms with E-state index in [-0.39, 0.29) is 5.78 Å². The summed E-state index contributed by atoms with van der Waals surface area (Å²) in [6.45, 7) is 2.12. The van der Waals surface area contributed by atoms with Crippen LogP contribution in [0.4, 0.5) is 17.3 Å². The number of aromatic nitrogens is 2. The highest BCUT2D eigenvalue weighted by Gasteiger charge is 2.03. The Morgan fingerprint density at radius 2 is 1.76 bits per heavy atom. The van der Waals surface area contributed by atoms with Gasteiger partial charge in [-0.2, -0.15) is 0 Å². The van der Waals surface area contributed by atoms with Gasteiger partial charge in [-0.25, -0.2) is 9.97 Å². The molecule has 1 heterocycles. The molecule has 5 nitrogen and oxygen atoms in total. The van der Waals surface area contributed by atoms with E-state index in [1.165, 1.54) is 6.33 Å². The number of rotatable bonds is 6. The minimum absolute atomic E-state index is 0.0413. The quantitative estimate of drug-likeness (QED) is 0.630. The number of hydrogen-bond acceptors (Lipinski definition) is 5. The molecule has 0 unspecified atom stereocenters. The number of halogens is 1. The molecule has 0 atom stereocenters. The summed E-state index contributed by atoms with van der Waals surface area (Å²) >= 11 is 6.15. The highest BCUT2D eigenvalue weighted by Crippen LogP contribution is 2.19. The number of ketones is 1. The second-order valence-electron chi connectivity index (χ2n) is 5.49. The van der Waals surface area contributed by atoms with E-state index >= 15 is 0 Å². The van der Waals surface area contributed by atoms with Gasteiger partial charge in [0.25, 0.3) is 0 Å². The van der Waals surface area contributed by atoms with E-state index in [0.29, 0.717) is 28.8 Å². The molecule has 0 saturated heterocycles. The Morgan fingerprint density at radius 3 is 2.48 bits per heavy atom. The Kier molecular flexibility index (Phi) is 5.26. The number of nitrogens with zero attached hydrogens (tertiary/aromatic N) is 2. The minimum atomic E-state index is 0.0413. The molecule has 0 radical (unpaired) electrons. The molecule has 0 aliphatic heterocycles. The highest BCUT2D eigenvalue weighted by atomic mass is 35.5. The summed E-state index contributed by atoms with van der Waals surface area (Å²) in [5, 5.41) is 7.14. The van der Waals surface area contributed by atoms with Gasteiger partial charge in [-0.3, -0.25) is 4.79 Å². The van der Waals surface area contributed by atoms with E-state index in [9.17, 15) is 4.79 Å². The second-order valence-corrected chi connectivity index (χ2v) is 5.90. The van der Waals surface area contributed by atoms with E-state index < -0.39 is 0 Å². The molecule has 0 aliphatic carbocycles. The maximum atomic E-state index is 11.3. The van der Waals surface area contributed by atoms with Gasteiger partial charge in [0.2, 0.25) is 0 Å². The van der Waals surface area contributed by atoms with Crippen molar-refractivity contribution in [3.05, 3.63) is 77.1 Å². The van der Waals surface area contributed by atoms with Gasteiger partial charge in [-0.05, 0) is 42.8 Å². The monoisotopic (exact) mass is 352 g/mol. The maximum Gasteiger partial charge on any atom is 0.159 e. The molecule has 0 fully saturated rings. The Balaban J connectivity index is 1.67. The van der Waals surface area contributed by atoms with Crippen LogP contribution in [0.3, 0.4) is 0 Å². The van der Waals surface area contributed by atoms with Crippen molar-refractivity contribution in [2.75, 3.05) is 10.6 Å². The molecular weight excluding hydrogens is 336 g/mol. The average Bonchev–Trinajstić information content (AvgIpc) is 2.62. The van der Waals surface area contributed by atoms with Crippen LogP contribution >= 0.6 is 11.6 Å². The van der Waals surface area contributed by atoms with Crippen LogP contribution in [0.5, 0.6) is 0 Å². The molecule has 25 heavy (non-hydrogen) atoms.